The number of nitrogens with one attached hydrogen (secondary N) is 1. The van der Waals surface area contributed by atoms with Crippen molar-refractivity contribution in [1.29, 1.82) is 0 Å². The van der Waals surface area contributed by atoms with Crippen molar-refractivity contribution in [1.82, 2.24) is 28.7 Å². The third-order valence-electron chi connectivity index (χ3n) is 6.36. The van der Waals surface area contributed by atoms with Gasteiger partial charge in [0, 0.05) is 38.9 Å². The summed E-state index contributed by atoms with van der Waals surface area (Å²) in [6.45, 7) is 7.10. The fourth-order valence-corrected chi connectivity index (χ4v) is 4.45. The predicted octanol–water partition coefficient (Wildman–Crippen LogP) is 1.30. The number of aryl methyl sites for hydroxylation is 2. The standard InChI is InChI=1S/C24H26N6O3/c1-16-7-8-29-20(17(2)25-21(29)13-16)14-27-9-11-28(12-10-27)22(31)15-30-23(32)18-5-3-4-6-19(18)26-24(30)33/h3-8,13H,9-12,14-15H2,1-2H3,(H,26,33). The summed E-state index contributed by atoms with van der Waals surface area (Å²) in [5.74, 6) is -0.223. The second-order valence-electron chi connectivity index (χ2n) is 8.60. The summed E-state index contributed by atoms with van der Waals surface area (Å²) < 4.78 is 3.11. The molecule has 33 heavy (non-hydrogen) atoms. The van der Waals surface area contributed by atoms with Crippen LogP contribution < -0.4 is 11.2 Å². The molecule has 0 radical (unpaired) electrons. The molecular weight excluding hydrogens is 420 g/mol. The molecule has 3 aromatic heterocycles. The van der Waals surface area contributed by atoms with Gasteiger partial charge in [-0.25, -0.2) is 9.78 Å². The van der Waals surface area contributed by atoms with E-state index in [2.05, 4.69) is 44.5 Å². The zero-order valence-electron chi connectivity index (χ0n) is 18.7. The lowest BCUT2D eigenvalue weighted by Crippen LogP contribution is -2.50. The van der Waals surface area contributed by atoms with Gasteiger partial charge in [0.15, 0.2) is 0 Å². The van der Waals surface area contributed by atoms with Crippen LogP contribution in [0, 0.1) is 13.8 Å². The Morgan fingerprint density at radius 1 is 1.06 bits per heavy atom. The number of carbonyl (C=O) groups is 1. The van der Waals surface area contributed by atoms with E-state index in [1.165, 1.54) is 5.56 Å². The fraction of sp³-hybridized carbons (Fsp3) is 0.333. The number of amides is 1. The number of piperazine rings is 1. The number of hydrogen-bond donors (Lipinski definition) is 1. The summed E-state index contributed by atoms with van der Waals surface area (Å²) in [5, 5.41) is 0.397. The summed E-state index contributed by atoms with van der Waals surface area (Å²) in [5.41, 5.74) is 3.75. The third-order valence-corrected chi connectivity index (χ3v) is 6.36. The molecule has 0 aliphatic carbocycles. The van der Waals surface area contributed by atoms with Gasteiger partial charge in [-0.2, -0.15) is 0 Å². The van der Waals surface area contributed by atoms with E-state index in [-0.39, 0.29) is 12.5 Å². The fourth-order valence-electron chi connectivity index (χ4n) is 4.45. The number of hydrogen-bond acceptors (Lipinski definition) is 5. The second-order valence-corrected chi connectivity index (χ2v) is 8.60. The number of rotatable bonds is 4. The first-order valence-corrected chi connectivity index (χ1v) is 11.1. The van der Waals surface area contributed by atoms with Gasteiger partial charge in [-0.3, -0.25) is 19.1 Å². The number of imidazole rings is 1. The molecule has 0 atom stereocenters. The molecule has 1 N–H and O–H groups in total. The number of para-hydroxylation sites is 1. The minimum Gasteiger partial charge on any atom is -0.339 e. The Kier molecular flexibility index (Phi) is 5.33. The SMILES string of the molecule is Cc1ccn2c(CN3CCN(C(=O)Cn4c(=O)[nH]c5ccccc5c4=O)CC3)c(C)nc2c1. The number of pyridine rings is 1. The van der Waals surface area contributed by atoms with E-state index in [1.54, 1.807) is 29.2 Å². The highest BCUT2D eigenvalue weighted by molar-refractivity contribution is 5.79. The highest BCUT2D eigenvalue weighted by atomic mass is 16.2. The summed E-state index contributed by atoms with van der Waals surface area (Å²) >= 11 is 0. The quantitative estimate of drug-likeness (QED) is 0.510. The molecule has 1 aromatic carbocycles. The van der Waals surface area contributed by atoms with E-state index in [0.29, 0.717) is 37.1 Å². The average molecular weight is 447 g/mol. The zero-order valence-corrected chi connectivity index (χ0v) is 18.7. The highest BCUT2D eigenvalue weighted by Crippen LogP contribution is 2.17. The minimum absolute atomic E-state index is 0.223. The molecule has 0 spiro atoms. The molecule has 5 rings (SSSR count). The van der Waals surface area contributed by atoms with E-state index in [1.807, 2.05) is 6.92 Å². The Hall–Kier alpha value is -3.72. The Morgan fingerprint density at radius 3 is 2.61 bits per heavy atom. The lowest BCUT2D eigenvalue weighted by molar-refractivity contribution is -0.133. The molecule has 9 heteroatoms. The molecule has 1 amide bonds. The molecule has 0 bridgehead atoms. The topological polar surface area (TPSA) is 95.7 Å². The van der Waals surface area contributed by atoms with Gasteiger partial charge >= 0.3 is 5.69 Å². The summed E-state index contributed by atoms with van der Waals surface area (Å²) in [6.07, 6.45) is 2.05. The minimum atomic E-state index is -0.566. The molecule has 1 saturated heterocycles. The van der Waals surface area contributed by atoms with Crippen LogP contribution in [0.3, 0.4) is 0 Å². The maximum Gasteiger partial charge on any atom is 0.329 e. The van der Waals surface area contributed by atoms with E-state index in [0.717, 1.165) is 28.1 Å². The molecule has 170 valence electrons. The molecule has 1 fully saturated rings. The molecular formula is C24H26N6O3. The lowest BCUT2D eigenvalue weighted by atomic mass is 10.2. The van der Waals surface area contributed by atoms with Crippen LogP contribution in [0.25, 0.3) is 16.6 Å². The number of H-pyrrole nitrogens is 1. The summed E-state index contributed by atoms with van der Waals surface area (Å²) in [4.78, 5) is 49.4. The number of aromatic amines is 1. The van der Waals surface area contributed by atoms with Crippen LogP contribution in [-0.2, 0) is 17.9 Å². The van der Waals surface area contributed by atoms with E-state index in [4.69, 9.17) is 0 Å². The lowest BCUT2D eigenvalue weighted by Gasteiger charge is -2.34. The molecule has 0 unspecified atom stereocenters. The first kappa shape index (κ1) is 21.1. The van der Waals surface area contributed by atoms with Crippen molar-refractivity contribution < 1.29 is 4.79 Å². The molecule has 4 heterocycles. The number of aromatic nitrogens is 4. The maximum absolute atomic E-state index is 12.9. The van der Waals surface area contributed by atoms with Gasteiger partial charge in [0.25, 0.3) is 5.56 Å². The Balaban J connectivity index is 1.26. The Morgan fingerprint density at radius 2 is 1.82 bits per heavy atom. The number of fused-ring (bicyclic) bond motifs is 2. The van der Waals surface area contributed by atoms with Crippen molar-refractivity contribution in [2.45, 2.75) is 26.9 Å². The Labute approximate surface area is 189 Å². The first-order chi connectivity index (χ1) is 15.9. The van der Waals surface area contributed by atoms with Crippen molar-refractivity contribution in [2.24, 2.45) is 0 Å². The smallest absolute Gasteiger partial charge is 0.329 e. The number of benzene rings is 1. The van der Waals surface area contributed by atoms with E-state index < -0.39 is 11.2 Å². The number of carbonyl (C=O) groups excluding carboxylic acids is 1. The van der Waals surface area contributed by atoms with Crippen LogP contribution in [0.4, 0.5) is 0 Å². The van der Waals surface area contributed by atoms with Crippen LogP contribution in [0.15, 0.2) is 52.2 Å². The zero-order chi connectivity index (χ0) is 23.1. The van der Waals surface area contributed by atoms with Gasteiger partial charge in [-0.1, -0.05) is 12.1 Å². The van der Waals surface area contributed by atoms with Crippen LogP contribution in [0.1, 0.15) is 17.0 Å². The van der Waals surface area contributed by atoms with Crippen molar-refractivity contribution in [3.05, 3.63) is 80.4 Å². The monoisotopic (exact) mass is 446 g/mol. The van der Waals surface area contributed by atoms with Crippen LogP contribution in [0.2, 0.25) is 0 Å². The summed E-state index contributed by atoms with van der Waals surface area (Å²) in [6, 6.07) is 11.0. The first-order valence-electron chi connectivity index (χ1n) is 11.1. The molecule has 9 nitrogen and oxygen atoms in total. The van der Waals surface area contributed by atoms with E-state index in [9.17, 15) is 14.4 Å². The third kappa shape index (κ3) is 3.95. The molecule has 1 aliphatic heterocycles. The maximum atomic E-state index is 12.9. The van der Waals surface area contributed by atoms with E-state index >= 15 is 0 Å². The van der Waals surface area contributed by atoms with Crippen LogP contribution in [0.5, 0.6) is 0 Å². The van der Waals surface area contributed by atoms with Crippen molar-refractivity contribution >= 4 is 22.5 Å². The molecule has 0 saturated carbocycles. The Bertz CT molecular complexity index is 1470. The van der Waals surface area contributed by atoms with Gasteiger partial charge < -0.3 is 14.3 Å². The van der Waals surface area contributed by atoms with Crippen molar-refractivity contribution in [2.75, 3.05) is 26.2 Å². The number of nitrogens with zero attached hydrogens (tertiary/aromatic N) is 5. The molecule has 1 aliphatic rings. The van der Waals surface area contributed by atoms with Gasteiger partial charge in [0.1, 0.15) is 12.2 Å². The van der Waals surface area contributed by atoms with Gasteiger partial charge in [0.05, 0.1) is 22.3 Å². The summed E-state index contributed by atoms with van der Waals surface area (Å²) in [7, 11) is 0. The second kappa shape index (κ2) is 8.32. The van der Waals surface area contributed by atoms with Crippen LogP contribution in [-0.4, -0.2) is 60.8 Å². The average Bonchev–Trinajstić information content (AvgIpc) is 3.11. The highest BCUT2D eigenvalue weighted by Gasteiger charge is 2.24. The van der Waals surface area contributed by atoms with Crippen LogP contribution >= 0.6 is 0 Å². The van der Waals surface area contributed by atoms with Crippen molar-refractivity contribution in [3.63, 3.8) is 0 Å². The van der Waals surface area contributed by atoms with Gasteiger partial charge in [-0.05, 0) is 43.7 Å². The largest absolute Gasteiger partial charge is 0.339 e. The predicted molar refractivity (Wildman–Crippen MR) is 125 cm³/mol. The van der Waals surface area contributed by atoms with Crippen molar-refractivity contribution in [3.8, 4) is 0 Å². The molecule has 4 aromatic rings. The van der Waals surface area contributed by atoms with Gasteiger partial charge in [-0.15, -0.1) is 0 Å². The van der Waals surface area contributed by atoms with Gasteiger partial charge in [0.2, 0.25) is 5.91 Å². The normalized spacial score (nSPS) is 14.9.